The molecule has 0 amide bonds. The maximum atomic E-state index is 12.4. The maximum Gasteiger partial charge on any atom is 0.272 e. The van der Waals surface area contributed by atoms with Crippen LogP contribution in [0.15, 0.2) is 16.2 Å². The summed E-state index contributed by atoms with van der Waals surface area (Å²) in [5.41, 5.74) is 0.899. The molecule has 1 atom stereocenters. The van der Waals surface area contributed by atoms with Gasteiger partial charge in [-0.3, -0.25) is 9.36 Å². The number of nitrogens with one attached hydrogen (secondary N) is 1. The molecular weight excluding hydrogens is 276 g/mol. The average Bonchev–Trinajstić information content (AvgIpc) is 2.76. The minimum atomic E-state index is 0.0470. The number of fused-ring (bicyclic) bond motifs is 1. The molecule has 0 bridgehead atoms. The maximum absolute atomic E-state index is 12.4. The quantitative estimate of drug-likeness (QED) is 0.824. The Hall–Kier alpha value is -0.940. The Morgan fingerprint density at radius 3 is 2.79 bits per heavy atom. The Morgan fingerprint density at radius 1 is 1.37 bits per heavy atom. The van der Waals surface area contributed by atoms with E-state index in [1.54, 1.807) is 4.57 Å². The molecule has 0 aliphatic heterocycles. The van der Waals surface area contributed by atoms with Crippen molar-refractivity contribution < 1.29 is 0 Å². The van der Waals surface area contributed by atoms with Gasteiger partial charge in [-0.2, -0.15) is 0 Å². The van der Waals surface area contributed by atoms with Gasteiger partial charge in [-0.1, -0.05) is 26.7 Å². The standard InChI is InChI=1S/C14H20N2OS2/c1-9(2)5-4-6-10(3)16-13(17)12-11(7-8-19-12)15-14(16)18/h7-10H,4-6H2,1-3H3,(H,15,18). The molecule has 3 nitrogen and oxygen atoms in total. The van der Waals surface area contributed by atoms with Crippen LogP contribution in [-0.4, -0.2) is 9.55 Å². The molecule has 0 saturated heterocycles. The van der Waals surface area contributed by atoms with Gasteiger partial charge in [0.05, 0.1) is 5.52 Å². The van der Waals surface area contributed by atoms with Gasteiger partial charge in [0.2, 0.25) is 0 Å². The smallest absolute Gasteiger partial charge is 0.272 e. The van der Waals surface area contributed by atoms with Gasteiger partial charge in [0.15, 0.2) is 4.77 Å². The second-order valence-electron chi connectivity index (χ2n) is 5.44. The SMILES string of the molecule is CC(C)CCCC(C)n1c(=S)[nH]c2ccsc2c1=O. The molecule has 2 aromatic heterocycles. The van der Waals surface area contributed by atoms with Gasteiger partial charge in [-0.25, -0.2) is 0 Å². The Kier molecular flexibility index (Phi) is 4.58. The molecular formula is C14H20N2OS2. The van der Waals surface area contributed by atoms with E-state index >= 15 is 0 Å². The molecule has 2 heterocycles. The fraction of sp³-hybridized carbons (Fsp3) is 0.571. The summed E-state index contributed by atoms with van der Waals surface area (Å²) in [5.74, 6) is 0.707. The van der Waals surface area contributed by atoms with Crippen LogP contribution in [0.2, 0.25) is 0 Å². The van der Waals surface area contributed by atoms with Crippen molar-refractivity contribution in [3.8, 4) is 0 Å². The summed E-state index contributed by atoms with van der Waals surface area (Å²) in [7, 11) is 0. The van der Waals surface area contributed by atoms with Gasteiger partial charge in [0.25, 0.3) is 5.56 Å². The molecule has 2 aromatic rings. The fourth-order valence-electron chi connectivity index (χ4n) is 2.30. The lowest BCUT2D eigenvalue weighted by Gasteiger charge is -2.15. The van der Waals surface area contributed by atoms with Crippen LogP contribution in [-0.2, 0) is 0 Å². The Labute approximate surface area is 122 Å². The Morgan fingerprint density at radius 2 is 2.11 bits per heavy atom. The van der Waals surface area contributed by atoms with Crippen LogP contribution >= 0.6 is 23.6 Å². The molecule has 5 heteroatoms. The highest BCUT2D eigenvalue weighted by Gasteiger charge is 2.12. The van der Waals surface area contributed by atoms with Crippen molar-refractivity contribution in [3.63, 3.8) is 0 Å². The summed E-state index contributed by atoms with van der Waals surface area (Å²) >= 11 is 6.80. The highest BCUT2D eigenvalue weighted by molar-refractivity contribution is 7.71. The molecule has 2 rings (SSSR count). The monoisotopic (exact) mass is 296 g/mol. The molecule has 0 aliphatic carbocycles. The summed E-state index contributed by atoms with van der Waals surface area (Å²) in [6.45, 7) is 6.52. The number of nitrogens with zero attached hydrogens (tertiary/aromatic N) is 1. The predicted octanol–water partition coefficient (Wildman–Crippen LogP) is 4.51. The predicted molar refractivity (Wildman–Crippen MR) is 84.7 cm³/mol. The Bertz CT molecular complexity index is 666. The Balaban J connectivity index is 2.28. The lowest BCUT2D eigenvalue weighted by Crippen LogP contribution is -2.24. The van der Waals surface area contributed by atoms with E-state index in [1.165, 1.54) is 17.8 Å². The molecule has 0 saturated carbocycles. The first-order chi connectivity index (χ1) is 9.00. The highest BCUT2D eigenvalue weighted by Crippen LogP contribution is 2.19. The van der Waals surface area contributed by atoms with E-state index in [9.17, 15) is 4.79 Å². The number of hydrogen-bond acceptors (Lipinski definition) is 3. The van der Waals surface area contributed by atoms with E-state index in [-0.39, 0.29) is 11.6 Å². The first kappa shape index (κ1) is 14.5. The van der Waals surface area contributed by atoms with E-state index in [2.05, 4.69) is 25.8 Å². The van der Waals surface area contributed by atoms with Crippen LogP contribution in [0.5, 0.6) is 0 Å². The molecule has 19 heavy (non-hydrogen) atoms. The summed E-state index contributed by atoms with van der Waals surface area (Å²) in [6.07, 6.45) is 3.31. The van der Waals surface area contributed by atoms with E-state index < -0.39 is 0 Å². The third kappa shape index (κ3) is 3.15. The molecule has 0 fully saturated rings. The summed E-state index contributed by atoms with van der Waals surface area (Å²) in [4.78, 5) is 15.6. The summed E-state index contributed by atoms with van der Waals surface area (Å²) < 4.78 is 3.03. The van der Waals surface area contributed by atoms with Crippen molar-refractivity contribution in [2.24, 2.45) is 5.92 Å². The van der Waals surface area contributed by atoms with Crippen LogP contribution in [0.3, 0.4) is 0 Å². The van der Waals surface area contributed by atoms with E-state index in [4.69, 9.17) is 12.2 Å². The highest BCUT2D eigenvalue weighted by atomic mass is 32.1. The molecule has 1 unspecified atom stereocenters. The number of rotatable bonds is 5. The minimum absolute atomic E-state index is 0.0470. The molecule has 0 aliphatic rings. The van der Waals surface area contributed by atoms with Gasteiger partial charge in [-0.05, 0) is 42.9 Å². The van der Waals surface area contributed by atoms with Crippen LogP contribution in [0.25, 0.3) is 10.2 Å². The zero-order chi connectivity index (χ0) is 14.0. The normalized spacial score (nSPS) is 13.3. The van der Waals surface area contributed by atoms with Crippen molar-refractivity contribution >= 4 is 33.8 Å². The van der Waals surface area contributed by atoms with Gasteiger partial charge in [-0.15, -0.1) is 11.3 Å². The van der Waals surface area contributed by atoms with E-state index in [0.29, 0.717) is 10.7 Å². The molecule has 0 spiro atoms. The summed E-state index contributed by atoms with van der Waals surface area (Å²) in [6, 6.07) is 2.06. The van der Waals surface area contributed by atoms with Crippen molar-refractivity contribution in [2.75, 3.05) is 0 Å². The summed E-state index contributed by atoms with van der Waals surface area (Å²) in [5, 5.41) is 1.92. The third-order valence-electron chi connectivity index (χ3n) is 3.38. The van der Waals surface area contributed by atoms with Crippen LogP contribution in [0.1, 0.15) is 46.1 Å². The number of thiophene rings is 1. The zero-order valence-electron chi connectivity index (χ0n) is 11.6. The van der Waals surface area contributed by atoms with Gasteiger partial charge in [0, 0.05) is 6.04 Å². The van der Waals surface area contributed by atoms with Gasteiger partial charge >= 0.3 is 0 Å². The molecule has 1 N–H and O–H groups in total. The average molecular weight is 296 g/mol. The van der Waals surface area contributed by atoms with Crippen LogP contribution < -0.4 is 5.56 Å². The minimum Gasteiger partial charge on any atom is -0.331 e. The van der Waals surface area contributed by atoms with E-state index in [1.807, 2.05) is 11.4 Å². The van der Waals surface area contributed by atoms with Crippen molar-refractivity contribution in [2.45, 2.75) is 46.1 Å². The second-order valence-corrected chi connectivity index (χ2v) is 6.75. The number of aromatic nitrogens is 2. The lowest BCUT2D eigenvalue weighted by molar-refractivity contribution is 0.434. The van der Waals surface area contributed by atoms with Gasteiger partial charge in [0.1, 0.15) is 4.70 Å². The number of hydrogen-bond donors (Lipinski definition) is 1. The first-order valence-corrected chi connectivity index (χ1v) is 8.01. The fourth-order valence-corrected chi connectivity index (χ4v) is 3.46. The zero-order valence-corrected chi connectivity index (χ0v) is 13.2. The lowest BCUT2D eigenvalue weighted by atomic mass is 10.0. The number of H-pyrrole nitrogens is 1. The molecule has 0 aromatic carbocycles. The first-order valence-electron chi connectivity index (χ1n) is 6.72. The van der Waals surface area contributed by atoms with Crippen molar-refractivity contribution in [1.82, 2.24) is 9.55 Å². The third-order valence-corrected chi connectivity index (χ3v) is 4.58. The topological polar surface area (TPSA) is 37.8 Å². The molecule has 0 radical (unpaired) electrons. The van der Waals surface area contributed by atoms with Crippen LogP contribution in [0, 0.1) is 10.7 Å². The van der Waals surface area contributed by atoms with Crippen LogP contribution in [0.4, 0.5) is 0 Å². The second kappa shape index (κ2) is 6.01. The largest absolute Gasteiger partial charge is 0.331 e. The van der Waals surface area contributed by atoms with E-state index in [0.717, 1.165) is 23.1 Å². The molecule has 104 valence electrons. The van der Waals surface area contributed by atoms with Crippen molar-refractivity contribution in [1.29, 1.82) is 0 Å². The number of aromatic amines is 1. The van der Waals surface area contributed by atoms with Crippen molar-refractivity contribution in [3.05, 3.63) is 26.6 Å². The van der Waals surface area contributed by atoms with Gasteiger partial charge < -0.3 is 4.98 Å².